The second kappa shape index (κ2) is 7.44. The van der Waals surface area contributed by atoms with Gasteiger partial charge in [0, 0.05) is 6.42 Å². The van der Waals surface area contributed by atoms with Crippen molar-refractivity contribution >= 4 is 5.97 Å². The first kappa shape index (κ1) is 15.2. The third kappa shape index (κ3) is 5.91. The minimum absolute atomic E-state index is 0.0922. The zero-order valence-corrected chi connectivity index (χ0v) is 10.6. The lowest BCUT2D eigenvalue weighted by Gasteiger charge is -2.31. The SMILES string of the molecule is C=C(C)C1CCC(C)C(O)C1.CCC(=O)O. The van der Waals surface area contributed by atoms with Gasteiger partial charge in [-0.25, -0.2) is 0 Å². The van der Waals surface area contributed by atoms with Crippen LogP contribution in [0.5, 0.6) is 0 Å². The van der Waals surface area contributed by atoms with Crippen molar-refractivity contribution in [3.05, 3.63) is 12.2 Å². The molecule has 0 aromatic rings. The molecule has 0 spiro atoms. The van der Waals surface area contributed by atoms with Crippen molar-refractivity contribution < 1.29 is 15.0 Å². The molecule has 3 unspecified atom stereocenters. The van der Waals surface area contributed by atoms with Gasteiger partial charge < -0.3 is 10.2 Å². The van der Waals surface area contributed by atoms with Crippen molar-refractivity contribution in [2.24, 2.45) is 11.8 Å². The summed E-state index contributed by atoms with van der Waals surface area (Å²) in [6.45, 7) is 9.71. The summed E-state index contributed by atoms with van der Waals surface area (Å²) in [6, 6.07) is 0. The number of hydrogen-bond donors (Lipinski definition) is 2. The van der Waals surface area contributed by atoms with Crippen LogP contribution in [0.15, 0.2) is 12.2 Å². The second-order valence-electron chi connectivity index (χ2n) is 4.65. The van der Waals surface area contributed by atoms with E-state index in [2.05, 4.69) is 20.4 Å². The van der Waals surface area contributed by atoms with Gasteiger partial charge >= 0.3 is 5.97 Å². The van der Waals surface area contributed by atoms with E-state index in [0.29, 0.717) is 11.8 Å². The Morgan fingerprint density at radius 2 is 1.94 bits per heavy atom. The lowest BCUT2D eigenvalue weighted by atomic mass is 9.78. The maximum Gasteiger partial charge on any atom is 0.303 e. The van der Waals surface area contributed by atoms with Crippen LogP contribution in [0.4, 0.5) is 0 Å². The molecule has 0 aliphatic heterocycles. The van der Waals surface area contributed by atoms with E-state index in [0.717, 1.165) is 12.8 Å². The van der Waals surface area contributed by atoms with E-state index in [1.807, 2.05) is 0 Å². The lowest BCUT2D eigenvalue weighted by Crippen LogP contribution is -2.27. The Balaban J connectivity index is 0.000000385. The normalized spacial score (nSPS) is 28.9. The van der Waals surface area contributed by atoms with Gasteiger partial charge in [-0.3, -0.25) is 4.79 Å². The van der Waals surface area contributed by atoms with Crippen LogP contribution in [-0.2, 0) is 4.79 Å². The highest BCUT2D eigenvalue weighted by Gasteiger charge is 2.25. The predicted octanol–water partition coefficient (Wildman–Crippen LogP) is 2.84. The van der Waals surface area contributed by atoms with Crippen molar-refractivity contribution in [2.45, 2.75) is 52.6 Å². The van der Waals surface area contributed by atoms with Crippen molar-refractivity contribution in [1.29, 1.82) is 0 Å². The summed E-state index contributed by atoms with van der Waals surface area (Å²) in [7, 11) is 0. The molecule has 0 heterocycles. The number of rotatable bonds is 2. The maximum absolute atomic E-state index is 9.56. The molecule has 1 rings (SSSR count). The summed E-state index contributed by atoms with van der Waals surface area (Å²) in [6.07, 6.45) is 3.42. The van der Waals surface area contributed by atoms with E-state index in [9.17, 15) is 9.90 Å². The molecule has 3 nitrogen and oxygen atoms in total. The summed E-state index contributed by atoms with van der Waals surface area (Å²) in [5.41, 5.74) is 1.23. The fourth-order valence-electron chi connectivity index (χ4n) is 1.75. The standard InChI is InChI=1S/C10H18O.C3H6O2/c1-7(2)9-5-4-8(3)10(11)6-9;1-2-3(4)5/h8-11H,1,4-6H2,2-3H3;2H2,1H3,(H,4,5). The molecule has 0 radical (unpaired) electrons. The minimum Gasteiger partial charge on any atom is -0.481 e. The van der Waals surface area contributed by atoms with Crippen LogP contribution in [0.1, 0.15) is 46.5 Å². The van der Waals surface area contributed by atoms with E-state index in [1.54, 1.807) is 6.92 Å². The second-order valence-corrected chi connectivity index (χ2v) is 4.65. The summed E-state index contributed by atoms with van der Waals surface area (Å²) >= 11 is 0. The number of carboxylic acid groups (broad SMARTS) is 1. The molecule has 1 saturated carbocycles. The largest absolute Gasteiger partial charge is 0.481 e. The number of carboxylic acids is 1. The number of aliphatic carboxylic acids is 1. The van der Waals surface area contributed by atoms with Gasteiger partial charge in [0.15, 0.2) is 0 Å². The highest BCUT2D eigenvalue weighted by Crippen LogP contribution is 2.32. The highest BCUT2D eigenvalue weighted by molar-refractivity contribution is 5.66. The molecular formula is C13H24O3. The van der Waals surface area contributed by atoms with Gasteiger partial charge in [0.2, 0.25) is 0 Å². The molecular weight excluding hydrogens is 204 g/mol. The highest BCUT2D eigenvalue weighted by atomic mass is 16.4. The maximum atomic E-state index is 9.56. The summed E-state index contributed by atoms with van der Waals surface area (Å²) < 4.78 is 0. The topological polar surface area (TPSA) is 57.5 Å². The van der Waals surface area contributed by atoms with Crippen LogP contribution < -0.4 is 0 Å². The molecule has 1 fully saturated rings. The molecule has 0 bridgehead atoms. The van der Waals surface area contributed by atoms with Gasteiger partial charge in [0.25, 0.3) is 0 Å². The summed E-state index contributed by atoms with van der Waals surface area (Å²) in [5, 5.41) is 17.3. The van der Waals surface area contributed by atoms with Gasteiger partial charge in [-0.15, -0.1) is 0 Å². The Morgan fingerprint density at radius 1 is 1.44 bits per heavy atom. The number of allylic oxidation sites excluding steroid dienone is 1. The van der Waals surface area contributed by atoms with Crippen LogP contribution >= 0.6 is 0 Å². The van der Waals surface area contributed by atoms with Crippen LogP contribution in [-0.4, -0.2) is 22.3 Å². The molecule has 16 heavy (non-hydrogen) atoms. The quantitative estimate of drug-likeness (QED) is 0.714. The van der Waals surface area contributed by atoms with Crippen LogP contribution in [0.25, 0.3) is 0 Å². The lowest BCUT2D eigenvalue weighted by molar-refractivity contribution is -0.136. The van der Waals surface area contributed by atoms with E-state index in [-0.39, 0.29) is 12.5 Å². The fraction of sp³-hybridized carbons (Fsp3) is 0.769. The first-order valence-corrected chi connectivity index (χ1v) is 5.93. The van der Waals surface area contributed by atoms with E-state index in [1.165, 1.54) is 12.0 Å². The smallest absolute Gasteiger partial charge is 0.303 e. The summed E-state index contributed by atoms with van der Waals surface area (Å²) in [5.74, 6) is 0.316. The number of aliphatic hydroxyl groups excluding tert-OH is 1. The van der Waals surface area contributed by atoms with Gasteiger partial charge in [0.05, 0.1) is 6.10 Å². The molecule has 3 heteroatoms. The average molecular weight is 228 g/mol. The van der Waals surface area contributed by atoms with E-state index >= 15 is 0 Å². The third-order valence-corrected chi connectivity index (χ3v) is 3.15. The summed E-state index contributed by atoms with van der Waals surface area (Å²) in [4.78, 5) is 9.37. The third-order valence-electron chi connectivity index (χ3n) is 3.15. The minimum atomic E-state index is -0.745. The van der Waals surface area contributed by atoms with Crippen LogP contribution in [0, 0.1) is 11.8 Å². The van der Waals surface area contributed by atoms with Crippen LogP contribution in [0.3, 0.4) is 0 Å². The monoisotopic (exact) mass is 228 g/mol. The molecule has 0 aromatic carbocycles. The number of carbonyl (C=O) groups is 1. The van der Waals surface area contributed by atoms with Crippen molar-refractivity contribution in [3.63, 3.8) is 0 Å². The van der Waals surface area contributed by atoms with E-state index < -0.39 is 5.97 Å². The Bertz CT molecular complexity index is 235. The molecule has 94 valence electrons. The molecule has 0 aromatic heterocycles. The van der Waals surface area contributed by atoms with Crippen molar-refractivity contribution in [2.75, 3.05) is 0 Å². The van der Waals surface area contributed by atoms with E-state index in [4.69, 9.17) is 5.11 Å². The van der Waals surface area contributed by atoms with Gasteiger partial charge in [-0.1, -0.05) is 26.0 Å². The Morgan fingerprint density at radius 3 is 2.25 bits per heavy atom. The van der Waals surface area contributed by atoms with Gasteiger partial charge in [0.1, 0.15) is 0 Å². The van der Waals surface area contributed by atoms with Crippen molar-refractivity contribution in [1.82, 2.24) is 0 Å². The molecule has 2 N–H and O–H groups in total. The Labute approximate surface area is 98.2 Å². The molecule has 0 amide bonds. The number of aliphatic hydroxyl groups is 1. The van der Waals surface area contributed by atoms with Gasteiger partial charge in [-0.05, 0) is 38.0 Å². The Hall–Kier alpha value is -0.830. The Kier molecular flexibility index (Phi) is 7.06. The number of hydrogen-bond acceptors (Lipinski definition) is 2. The molecule has 1 aliphatic rings. The zero-order chi connectivity index (χ0) is 12.7. The first-order chi connectivity index (χ1) is 7.38. The molecule has 0 saturated heterocycles. The van der Waals surface area contributed by atoms with Gasteiger partial charge in [-0.2, -0.15) is 0 Å². The fourth-order valence-corrected chi connectivity index (χ4v) is 1.75. The average Bonchev–Trinajstić information content (AvgIpc) is 2.22. The zero-order valence-electron chi connectivity index (χ0n) is 10.6. The predicted molar refractivity (Wildman–Crippen MR) is 65.3 cm³/mol. The molecule has 3 atom stereocenters. The van der Waals surface area contributed by atoms with Crippen LogP contribution in [0.2, 0.25) is 0 Å². The molecule has 1 aliphatic carbocycles. The first-order valence-electron chi connectivity index (χ1n) is 5.93. The van der Waals surface area contributed by atoms with Crippen molar-refractivity contribution in [3.8, 4) is 0 Å².